The first kappa shape index (κ1) is 10.9. The Kier molecular flexibility index (Phi) is 7.09. The molecule has 1 N–H and O–H groups in total. The minimum Gasteiger partial charge on any atom is -0.356 e. The standard InChI is InChI=1S/C4H7NO.2ClH/c6-4-2-1-3-5-4;;/h1-3H2,(H,5,6);2*1H. The molecule has 1 aliphatic rings. The van der Waals surface area contributed by atoms with Gasteiger partial charge < -0.3 is 5.32 Å². The van der Waals surface area contributed by atoms with Crippen LogP contribution in [0.2, 0.25) is 0 Å². The zero-order valence-electron chi connectivity index (χ0n) is 4.35. The number of carbonyl (C=O) groups excluding carboxylic acids is 1. The van der Waals surface area contributed by atoms with Crippen molar-refractivity contribution >= 4 is 30.7 Å². The predicted molar refractivity (Wildman–Crippen MR) is 36.7 cm³/mol. The summed E-state index contributed by atoms with van der Waals surface area (Å²) in [6.07, 6.45) is 1.76. The van der Waals surface area contributed by atoms with Crippen molar-refractivity contribution in [3.8, 4) is 0 Å². The molecule has 0 aromatic rings. The van der Waals surface area contributed by atoms with E-state index in [0.29, 0.717) is 0 Å². The van der Waals surface area contributed by atoms with E-state index in [1.165, 1.54) is 0 Å². The van der Waals surface area contributed by atoms with Crippen LogP contribution in [0.1, 0.15) is 12.8 Å². The molecule has 1 heterocycles. The van der Waals surface area contributed by atoms with Gasteiger partial charge in [-0.05, 0) is 6.42 Å². The van der Waals surface area contributed by atoms with Crippen LogP contribution >= 0.6 is 24.8 Å². The van der Waals surface area contributed by atoms with E-state index in [9.17, 15) is 4.79 Å². The number of amides is 1. The highest BCUT2D eigenvalue weighted by molar-refractivity contribution is 5.85. The molecule has 0 aromatic heterocycles. The lowest BCUT2D eigenvalue weighted by Gasteiger charge is -1.80. The van der Waals surface area contributed by atoms with Crippen LogP contribution < -0.4 is 5.32 Å². The van der Waals surface area contributed by atoms with Gasteiger partial charge in [-0.3, -0.25) is 4.79 Å². The van der Waals surface area contributed by atoms with Crippen molar-refractivity contribution in [1.82, 2.24) is 5.32 Å². The molecular weight excluding hydrogens is 149 g/mol. The predicted octanol–water partition coefficient (Wildman–Crippen LogP) is 0.740. The SMILES string of the molecule is Cl.Cl.O=C1CCCN1. The van der Waals surface area contributed by atoms with E-state index in [1.807, 2.05) is 0 Å². The Morgan fingerprint density at radius 2 is 2.00 bits per heavy atom. The monoisotopic (exact) mass is 157 g/mol. The van der Waals surface area contributed by atoms with E-state index in [4.69, 9.17) is 0 Å². The minimum absolute atomic E-state index is 0. The van der Waals surface area contributed by atoms with Crippen LogP contribution in [0.3, 0.4) is 0 Å². The van der Waals surface area contributed by atoms with Gasteiger partial charge in [0.05, 0.1) is 0 Å². The highest BCUT2D eigenvalue weighted by atomic mass is 35.5. The summed E-state index contributed by atoms with van der Waals surface area (Å²) >= 11 is 0. The molecule has 50 valence electrons. The second-order valence-corrected chi connectivity index (χ2v) is 1.45. The number of carbonyl (C=O) groups is 1. The zero-order valence-corrected chi connectivity index (χ0v) is 5.98. The molecular formula is C4H9Cl2NO. The topological polar surface area (TPSA) is 29.1 Å². The van der Waals surface area contributed by atoms with E-state index >= 15 is 0 Å². The Bertz CT molecular complexity index is 68.4. The smallest absolute Gasteiger partial charge is 0.220 e. The largest absolute Gasteiger partial charge is 0.356 e. The summed E-state index contributed by atoms with van der Waals surface area (Å²) in [7, 11) is 0. The van der Waals surface area contributed by atoms with Crippen molar-refractivity contribution in [2.75, 3.05) is 6.54 Å². The van der Waals surface area contributed by atoms with Crippen LogP contribution in [0.5, 0.6) is 0 Å². The molecule has 1 aliphatic heterocycles. The first-order valence-electron chi connectivity index (χ1n) is 2.16. The van der Waals surface area contributed by atoms with E-state index in [-0.39, 0.29) is 30.7 Å². The molecule has 1 saturated heterocycles. The molecule has 0 saturated carbocycles. The lowest BCUT2D eigenvalue weighted by atomic mass is 10.4. The van der Waals surface area contributed by atoms with Crippen molar-refractivity contribution in [2.45, 2.75) is 12.8 Å². The van der Waals surface area contributed by atoms with Crippen molar-refractivity contribution in [3.63, 3.8) is 0 Å². The van der Waals surface area contributed by atoms with Crippen molar-refractivity contribution in [1.29, 1.82) is 0 Å². The summed E-state index contributed by atoms with van der Waals surface area (Å²) in [5.74, 6) is 0.204. The summed E-state index contributed by atoms with van der Waals surface area (Å²) in [6.45, 7) is 0.888. The van der Waals surface area contributed by atoms with Crippen molar-refractivity contribution < 1.29 is 4.79 Å². The van der Waals surface area contributed by atoms with Crippen LogP contribution in [0.15, 0.2) is 0 Å². The van der Waals surface area contributed by atoms with Crippen LogP contribution in [0.4, 0.5) is 0 Å². The molecule has 8 heavy (non-hydrogen) atoms. The van der Waals surface area contributed by atoms with Crippen LogP contribution in [0, 0.1) is 0 Å². The molecule has 4 heteroatoms. The van der Waals surface area contributed by atoms with Gasteiger partial charge in [0, 0.05) is 13.0 Å². The fourth-order valence-electron chi connectivity index (χ4n) is 0.565. The quantitative estimate of drug-likeness (QED) is 0.553. The molecule has 0 unspecified atom stereocenters. The van der Waals surface area contributed by atoms with Crippen molar-refractivity contribution in [3.05, 3.63) is 0 Å². The van der Waals surface area contributed by atoms with Crippen LogP contribution in [0.25, 0.3) is 0 Å². The summed E-state index contributed by atoms with van der Waals surface area (Å²) in [5.41, 5.74) is 0. The molecule has 0 aromatic carbocycles. The highest BCUT2D eigenvalue weighted by Gasteiger charge is 2.05. The minimum atomic E-state index is 0. The molecule has 2 nitrogen and oxygen atoms in total. The van der Waals surface area contributed by atoms with E-state index in [1.54, 1.807) is 0 Å². The van der Waals surface area contributed by atoms with E-state index in [0.717, 1.165) is 19.4 Å². The number of halogens is 2. The Hall–Kier alpha value is 0.0500. The zero-order chi connectivity index (χ0) is 4.41. The molecule has 0 bridgehead atoms. The van der Waals surface area contributed by atoms with Gasteiger partial charge in [-0.1, -0.05) is 0 Å². The number of rotatable bonds is 0. The average molecular weight is 158 g/mol. The highest BCUT2D eigenvalue weighted by Crippen LogP contribution is 1.93. The fraction of sp³-hybridized carbons (Fsp3) is 0.750. The molecule has 1 rings (SSSR count). The maximum absolute atomic E-state index is 10.1. The fourth-order valence-corrected chi connectivity index (χ4v) is 0.565. The average Bonchev–Trinajstić information content (AvgIpc) is 1.86. The lowest BCUT2D eigenvalue weighted by Crippen LogP contribution is -2.12. The summed E-state index contributed by atoms with van der Waals surface area (Å²) in [5, 5.41) is 2.68. The second kappa shape index (κ2) is 5.19. The maximum Gasteiger partial charge on any atom is 0.220 e. The van der Waals surface area contributed by atoms with E-state index < -0.39 is 0 Å². The second-order valence-electron chi connectivity index (χ2n) is 1.45. The van der Waals surface area contributed by atoms with Gasteiger partial charge >= 0.3 is 0 Å². The summed E-state index contributed by atoms with van der Waals surface area (Å²) < 4.78 is 0. The molecule has 0 atom stereocenters. The normalized spacial score (nSPS) is 15.8. The number of hydrogen-bond donors (Lipinski definition) is 1. The maximum atomic E-state index is 10.1. The number of hydrogen-bond acceptors (Lipinski definition) is 1. The Morgan fingerprint density at radius 1 is 1.38 bits per heavy atom. The number of nitrogens with one attached hydrogen (secondary N) is 1. The third kappa shape index (κ3) is 3.10. The van der Waals surface area contributed by atoms with Gasteiger partial charge in [0.1, 0.15) is 0 Å². The van der Waals surface area contributed by atoms with Gasteiger partial charge in [0.2, 0.25) is 5.91 Å². The molecule has 0 aliphatic carbocycles. The van der Waals surface area contributed by atoms with Gasteiger partial charge in [-0.15, -0.1) is 24.8 Å². The lowest BCUT2D eigenvalue weighted by molar-refractivity contribution is -0.119. The molecule has 1 fully saturated rings. The van der Waals surface area contributed by atoms with Gasteiger partial charge in [0.15, 0.2) is 0 Å². The summed E-state index contributed by atoms with van der Waals surface area (Å²) in [6, 6.07) is 0. The van der Waals surface area contributed by atoms with Gasteiger partial charge in [-0.25, -0.2) is 0 Å². The first-order chi connectivity index (χ1) is 2.89. The van der Waals surface area contributed by atoms with E-state index in [2.05, 4.69) is 5.32 Å². The summed E-state index contributed by atoms with van der Waals surface area (Å²) in [4.78, 5) is 10.1. The third-order valence-corrected chi connectivity index (χ3v) is 0.903. The molecule has 0 spiro atoms. The first-order valence-corrected chi connectivity index (χ1v) is 2.16. The van der Waals surface area contributed by atoms with Crippen molar-refractivity contribution in [2.24, 2.45) is 0 Å². The van der Waals surface area contributed by atoms with Gasteiger partial charge in [0.25, 0.3) is 0 Å². The Balaban J connectivity index is 0. The van der Waals surface area contributed by atoms with Crippen LogP contribution in [-0.2, 0) is 4.79 Å². The molecule has 1 amide bonds. The Morgan fingerprint density at radius 3 is 2.12 bits per heavy atom. The van der Waals surface area contributed by atoms with Gasteiger partial charge in [-0.2, -0.15) is 0 Å². The third-order valence-electron chi connectivity index (χ3n) is 0.903. The Labute approximate surface area is 60.8 Å². The molecule has 0 radical (unpaired) electrons. The van der Waals surface area contributed by atoms with Crippen LogP contribution in [-0.4, -0.2) is 12.5 Å².